The van der Waals surface area contributed by atoms with Crippen molar-refractivity contribution >= 4 is 46.9 Å². The van der Waals surface area contributed by atoms with E-state index in [-0.39, 0.29) is 5.12 Å². The average Bonchev–Trinajstić information content (AvgIpc) is 3.14. The van der Waals surface area contributed by atoms with Crippen molar-refractivity contribution in [3.05, 3.63) is 34.9 Å². The summed E-state index contributed by atoms with van der Waals surface area (Å²) in [5, 5.41) is 8.16. The molecule has 1 fully saturated rings. The van der Waals surface area contributed by atoms with Crippen LogP contribution in [0.4, 0.5) is 0 Å². The number of H-pyrrole nitrogens is 1. The minimum atomic E-state index is -0.570. The van der Waals surface area contributed by atoms with E-state index in [4.69, 9.17) is 14.0 Å². The van der Waals surface area contributed by atoms with Crippen LogP contribution in [0, 0.1) is 0 Å². The molecule has 0 radical (unpaired) electrons. The molecule has 0 spiro atoms. The molecular formula is C20H25BN2O5S. The van der Waals surface area contributed by atoms with Crippen molar-refractivity contribution < 1.29 is 23.6 Å². The van der Waals surface area contributed by atoms with Gasteiger partial charge in [0.15, 0.2) is 5.12 Å². The molecule has 2 heterocycles. The molecular weight excluding hydrogens is 391 g/mol. The third kappa shape index (κ3) is 4.41. The SMILES string of the molecule is COC(=O)c1ccc2c(C=C(CSC(C)=O)B3OC(C)(C)C(C)(C)O3)[nH]nc2c1. The molecule has 0 atom stereocenters. The summed E-state index contributed by atoms with van der Waals surface area (Å²) in [6, 6.07) is 5.19. The minimum absolute atomic E-state index is 0.0182. The van der Waals surface area contributed by atoms with Crippen LogP contribution in [0.3, 0.4) is 0 Å². The second-order valence-corrected chi connectivity index (χ2v) is 9.10. The molecule has 7 nitrogen and oxygen atoms in total. The molecule has 3 rings (SSSR count). The number of benzene rings is 1. The van der Waals surface area contributed by atoms with Crippen LogP contribution in [0.25, 0.3) is 17.0 Å². The summed E-state index contributed by atoms with van der Waals surface area (Å²) < 4.78 is 17.1. The highest BCUT2D eigenvalue weighted by molar-refractivity contribution is 8.13. The number of methoxy groups -OCH3 is 1. The highest BCUT2D eigenvalue weighted by Gasteiger charge is 2.52. The average molecular weight is 416 g/mol. The van der Waals surface area contributed by atoms with Gasteiger partial charge in [-0.25, -0.2) is 4.79 Å². The van der Waals surface area contributed by atoms with Crippen molar-refractivity contribution in [1.29, 1.82) is 0 Å². The van der Waals surface area contributed by atoms with Gasteiger partial charge in [-0.05, 0) is 57.4 Å². The lowest BCUT2D eigenvalue weighted by molar-refractivity contribution is -0.109. The molecule has 0 amide bonds. The Bertz CT molecular complexity index is 966. The van der Waals surface area contributed by atoms with E-state index in [0.29, 0.717) is 16.8 Å². The normalized spacial score (nSPS) is 18.3. The van der Waals surface area contributed by atoms with E-state index in [1.807, 2.05) is 39.8 Å². The van der Waals surface area contributed by atoms with Gasteiger partial charge in [-0.15, -0.1) is 0 Å². The fraction of sp³-hybridized carbons (Fsp3) is 0.450. The van der Waals surface area contributed by atoms with E-state index in [0.717, 1.165) is 16.6 Å². The molecule has 1 N–H and O–H groups in total. The van der Waals surface area contributed by atoms with Gasteiger partial charge >= 0.3 is 13.1 Å². The highest BCUT2D eigenvalue weighted by atomic mass is 32.2. The second kappa shape index (κ2) is 7.97. The van der Waals surface area contributed by atoms with Gasteiger partial charge in [0.1, 0.15) is 0 Å². The fourth-order valence-electron chi connectivity index (χ4n) is 2.93. The summed E-state index contributed by atoms with van der Waals surface area (Å²) in [4.78, 5) is 23.3. The maximum absolute atomic E-state index is 11.7. The maximum Gasteiger partial charge on any atom is 0.491 e. The summed E-state index contributed by atoms with van der Waals surface area (Å²) in [7, 11) is 0.772. The van der Waals surface area contributed by atoms with Gasteiger partial charge in [0.25, 0.3) is 0 Å². The van der Waals surface area contributed by atoms with E-state index in [1.165, 1.54) is 25.8 Å². The largest absolute Gasteiger partial charge is 0.491 e. The van der Waals surface area contributed by atoms with Crippen LogP contribution >= 0.6 is 11.8 Å². The molecule has 1 aliphatic rings. The molecule has 9 heteroatoms. The summed E-state index contributed by atoms with van der Waals surface area (Å²) in [5.41, 5.74) is 1.69. The van der Waals surface area contributed by atoms with Gasteiger partial charge < -0.3 is 14.0 Å². The standard InChI is InChI=1S/C20H25BN2O5S/c1-12(24)29-11-14(21-27-19(2,3)20(4,5)28-21)10-17-15-8-7-13(18(25)26-6)9-16(15)22-23-17/h7-10H,11H2,1-6H3,(H,22,23). The summed E-state index contributed by atoms with van der Waals surface area (Å²) >= 11 is 1.20. The number of aromatic nitrogens is 2. The Morgan fingerprint density at radius 2 is 1.90 bits per heavy atom. The molecule has 1 aromatic heterocycles. The van der Waals surface area contributed by atoms with E-state index in [9.17, 15) is 9.59 Å². The molecule has 2 aromatic rings. The zero-order chi connectivity index (χ0) is 21.4. The van der Waals surface area contributed by atoms with Gasteiger partial charge in [-0.1, -0.05) is 11.8 Å². The third-order valence-electron chi connectivity index (χ3n) is 5.33. The first-order valence-corrected chi connectivity index (χ1v) is 10.3. The van der Waals surface area contributed by atoms with Crippen molar-refractivity contribution in [2.45, 2.75) is 45.8 Å². The molecule has 1 aliphatic heterocycles. The first-order valence-electron chi connectivity index (χ1n) is 9.30. The predicted molar refractivity (Wildman–Crippen MR) is 115 cm³/mol. The van der Waals surface area contributed by atoms with Gasteiger partial charge in [-0.2, -0.15) is 5.10 Å². The number of fused-ring (bicyclic) bond motifs is 1. The number of hydrogen-bond acceptors (Lipinski definition) is 7. The number of carbonyl (C=O) groups is 2. The lowest BCUT2D eigenvalue weighted by Gasteiger charge is -2.32. The van der Waals surface area contributed by atoms with Crippen LogP contribution in [0.1, 0.15) is 50.7 Å². The molecule has 154 valence electrons. The number of nitrogens with zero attached hydrogens (tertiary/aromatic N) is 1. The first kappa shape index (κ1) is 21.6. The molecule has 0 aliphatic carbocycles. The Kier molecular flexibility index (Phi) is 5.94. The van der Waals surface area contributed by atoms with Gasteiger partial charge in [0.2, 0.25) is 0 Å². The number of thioether (sulfide) groups is 1. The predicted octanol–water partition coefficient (Wildman–Crippen LogP) is 3.64. The van der Waals surface area contributed by atoms with E-state index >= 15 is 0 Å². The number of esters is 1. The molecule has 1 aromatic carbocycles. The second-order valence-electron chi connectivity index (χ2n) is 7.95. The van der Waals surface area contributed by atoms with Crippen molar-refractivity contribution in [1.82, 2.24) is 10.2 Å². The monoisotopic (exact) mass is 416 g/mol. The number of nitrogens with one attached hydrogen (secondary N) is 1. The maximum atomic E-state index is 11.7. The third-order valence-corrected chi connectivity index (χ3v) is 6.22. The van der Waals surface area contributed by atoms with Crippen LogP contribution in [0.15, 0.2) is 23.7 Å². The Morgan fingerprint density at radius 3 is 2.48 bits per heavy atom. The van der Waals surface area contributed by atoms with E-state index in [2.05, 4.69) is 10.2 Å². The van der Waals surface area contributed by atoms with Crippen LogP contribution in [-0.4, -0.2) is 52.5 Å². The lowest BCUT2D eigenvalue weighted by atomic mass is 9.78. The Balaban J connectivity index is 1.98. The van der Waals surface area contributed by atoms with Crippen molar-refractivity contribution in [2.75, 3.05) is 12.9 Å². The number of ether oxygens (including phenoxy) is 1. The first-order chi connectivity index (χ1) is 13.5. The quantitative estimate of drug-likeness (QED) is 0.588. The zero-order valence-electron chi connectivity index (χ0n) is 17.5. The number of hydrogen-bond donors (Lipinski definition) is 1. The topological polar surface area (TPSA) is 90.5 Å². The van der Waals surface area contributed by atoms with Crippen molar-refractivity contribution in [3.8, 4) is 0 Å². The smallest absolute Gasteiger partial charge is 0.465 e. The number of carbonyl (C=O) groups excluding carboxylic acids is 2. The molecule has 1 saturated heterocycles. The highest BCUT2D eigenvalue weighted by Crippen LogP contribution is 2.39. The lowest BCUT2D eigenvalue weighted by Crippen LogP contribution is -2.41. The van der Waals surface area contributed by atoms with Gasteiger partial charge in [0, 0.05) is 18.1 Å². The van der Waals surface area contributed by atoms with Crippen LogP contribution < -0.4 is 0 Å². The molecule has 29 heavy (non-hydrogen) atoms. The number of aromatic amines is 1. The Morgan fingerprint density at radius 1 is 1.24 bits per heavy atom. The Labute approximate surface area is 174 Å². The number of rotatable bonds is 5. The van der Waals surface area contributed by atoms with E-state index < -0.39 is 24.3 Å². The fourth-order valence-corrected chi connectivity index (χ4v) is 3.52. The van der Waals surface area contributed by atoms with E-state index in [1.54, 1.807) is 12.1 Å². The summed E-state index contributed by atoms with van der Waals surface area (Å²) in [6.45, 7) is 9.49. The van der Waals surface area contributed by atoms with Crippen molar-refractivity contribution in [3.63, 3.8) is 0 Å². The van der Waals surface area contributed by atoms with Crippen LogP contribution in [0.5, 0.6) is 0 Å². The molecule has 0 unspecified atom stereocenters. The van der Waals surface area contributed by atoms with Crippen molar-refractivity contribution in [2.24, 2.45) is 0 Å². The summed E-state index contributed by atoms with van der Waals surface area (Å²) in [6.07, 6.45) is 1.91. The molecule has 0 bridgehead atoms. The van der Waals surface area contributed by atoms with Crippen LogP contribution in [0.2, 0.25) is 0 Å². The van der Waals surface area contributed by atoms with Crippen LogP contribution in [-0.2, 0) is 18.8 Å². The van der Waals surface area contributed by atoms with Gasteiger partial charge in [-0.3, -0.25) is 9.89 Å². The minimum Gasteiger partial charge on any atom is -0.465 e. The molecule has 0 saturated carbocycles. The summed E-state index contributed by atoms with van der Waals surface area (Å²) in [5.74, 6) is 0.0233. The Hall–Kier alpha value is -2.10. The van der Waals surface area contributed by atoms with Gasteiger partial charge in [0.05, 0.1) is 35.1 Å². The zero-order valence-corrected chi connectivity index (χ0v) is 18.3.